The molecular weight excluding hydrogens is 460 g/mol. The third kappa shape index (κ3) is 7.81. The summed E-state index contributed by atoms with van der Waals surface area (Å²) < 4.78 is 6.01. The lowest BCUT2D eigenvalue weighted by molar-refractivity contribution is 0.0533. The van der Waals surface area contributed by atoms with E-state index in [9.17, 15) is 5.11 Å². The molecule has 5 nitrogen and oxygen atoms in total. The first-order valence-corrected chi connectivity index (χ1v) is 12.4. The number of aryl methyl sites for hydroxylation is 1. The minimum Gasteiger partial charge on any atom is -0.492 e. The van der Waals surface area contributed by atoms with E-state index in [2.05, 4.69) is 21.7 Å². The van der Waals surface area contributed by atoms with Crippen molar-refractivity contribution in [3.8, 4) is 28.7 Å². The van der Waals surface area contributed by atoms with Gasteiger partial charge in [0, 0.05) is 42.0 Å². The lowest BCUT2D eigenvalue weighted by Crippen LogP contribution is -2.38. The van der Waals surface area contributed by atoms with Crippen LogP contribution in [0, 0.1) is 24.7 Å². The molecule has 1 aliphatic rings. The van der Waals surface area contributed by atoms with Gasteiger partial charge in [0.15, 0.2) is 0 Å². The van der Waals surface area contributed by atoms with Crippen LogP contribution in [0.4, 0.5) is 0 Å². The molecule has 0 spiro atoms. The summed E-state index contributed by atoms with van der Waals surface area (Å²) in [4.78, 5) is 6.65. The van der Waals surface area contributed by atoms with Crippen LogP contribution in [0.1, 0.15) is 29.7 Å². The molecule has 35 heavy (non-hydrogen) atoms. The molecule has 0 saturated heterocycles. The molecule has 0 amide bonds. The van der Waals surface area contributed by atoms with Gasteiger partial charge in [-0.1, -0.05) is 35.7 Å². The fraction of sp³-hybridized carbons (Fsp3) is 0.345. The Morgan fingerprint density at radius 3 is 2.51 bits per heavy atom. The molecule has 0 bridgehead atoms. The summed E-state index contributed by atoms with van der Waals surface area (Å²) in [5.41, 5.74) is 4.72. The van der Waals surface area contributed by atoms with E-state index in [-0.39, 0.29) is 6.61 Å². The first-order valence-electron chi connectivity index (χ1n) is 12.0. The summed E-state index contributed by atoms with van der Waals surface area (Å²) in [6.07, 6.45) is 3.60. The Labute approximate surface area is 212 Å². The number of halogens is 1. The normalized spacial score (nSPS) is 13.9. The number of hydrogen-bond donors (Lipinski definition) is 2. The number of nitrogens with zero attached hydrogens (tertiary/aromatic N) is 2. The minimum absolute atomic E-state index is 0.217. The van der Waals surface area contributed by atoms with Gasteiger partial charge in [0.1, 0.15) is 18.1 Å². The second kappa shape index (κ2) is 12.2. The van der Waals surface area contributed by atoms with E-state index in [0.717, 1.165) is 34.5 Å². The average Bonchev–Trinajstić information content (AvgIpc) is 3.68. The van der Waals surface area contributed by atoms with E-state index in [1.165, 1.54) is 12.8 Å². The molecule has 1 saturated carbocycles. The zero-order chi connectivity index (χ0) is 24.6. The molecule has 1 aliphatic carbocycles. The molecule has 1 atom stereocenters. The lowest BCUT2D eigenvalue weighted by atomic mass is 10.1. The Morgan fingerprint density at radius 2 is 1.86 bits per heavy atom. The van der Waals surface area contributed by atoms with Gasteiger partial charge >= 0.3 is 0 Å². The summed E-state index contributed by atoms with van der Waals surface area (Å²) in [7, 11) is 0. The third-order valence-electron chi connectivity index (χ3n) is 6.01. The molecule has 1 unspecified atom stereocenters. The van der Waals surface area contributed by atoms with Gasteiger partial charge in [-0.15, -0.1) is 0 Å². The van der Waals surface area contributed by atoms with Crippen LogP contribution in [0.5, 0.6) is 5.75 Å². The summed E-state index contributed by atoms with van der Waals surface area (Å²) in [6.45, 7) is 4.46. The number of benzene rings is 2. The zero-order valence-corrected chi connectivity index (χ0v) is 20.7. The molecule has 182 valence electrons. The topological polar surface area (TPSA) is 65.8 Å². The molecule has 2 N–H and O–H groups in total. The van der Waals surface area contributed by atoms with Crippen LogP contribution in [0.2, 0.25) is 5.02 Å². The third-order valence-corrected chi connectivity index (χ3v) is 6.26. The highest BCUT2D eigenvalue weighted by Gasteiger charge is 2.25. The predicted molar refractivity (Wildman–Crippen MR) is 140 cm³/mol. The van der Waals surface area contributed by atoms with Gasteiger partial charge < -0.3 is 14.9 Å². The number of ether oxygens (including phenoxy) is 1. The van der Waals surface area contributed by atoms with Crippen molar-refractivity contribution in [3.63, 3.8) is 0 Å². The maximum absolute atomic E-state index is 9.81. The van der Waals surface area contributed by atoms with Crippen molar-refractivity contribution >= 4 is 11.6 Å². The molecule has 6 heteroatoms. The van der Waals surface area contributed by atoms with Crippen molar-refractivity contribution in [1.82, 2.24) is 9.88 Å². The second-order valence-corrected chi connectivity index (χ2v) is 9.49. The molecule has 3 aromatic rings. The van der Waals surface area contributed by atoms with Crippen LogP contribution < -0.4 is 4.74 Å². The molecule has 4 rings (SSSR count). The summed E-state index contributed by atoms with van der Waals surface area (Å²) in [6, 6.07) is 17.5. The van der Waals surface area contributed by atoms with Gasteiger partial charge in [-0.05, 0) is 79.1 Å². The number of aliphatic hydroxyl groups is 2. The van der Waals surface area contributed by atoms with Gasteiger partial charge in [-0.2, -0.15) is 0 Å². The average molecular weight is 491 g/mol. The van der Waals surface area contributed by atoms with Crippen molar-refractivity contribution < 1.29 is 14.9 Å². The number of aliphatic hydroxyl groups excluding tert-OH is 2. The van der Waals surface area contributed by atoms with Gasteiger partial charge in [0.05, 0.1) is 12.7 Å². The molecule has 1 heterocycles. The van der Waals surface area contributed by atoms with Crippen molar-refractivity contribution in [1.29, 1.82) is 0 Å². The number of pyridine rings is 1. The lowest BCUT2D eigenvalue weighted by Gasteiger charge is -2.24. The Morgan fingerprint density at radius 1 is 1.09 bits per heavy atom. The Kier molecular flexibility index (Phi) is 8.79. The van der Waals surface area contributed by atoms with E-state index in [0.29, 0.717) is 36.3 Å². The fourth-order valence-electron chi connectivity index (χ4n) is 3.87. The monoisotopic (exact) mass is 490 g/mol. The first kappa shape index (κ1) is 25.2. The van der Waals surface area contributed by atoms with Crippen LogP contribution in [0.15, 0.2) is 60.8 Å². The van der Waals surface area contributed by atoms with E-state index < -0.39 is 6.10 Å². The van der Waals surface area contributed by atoms with Crippen molar-refractivity contribution in [2.45, 2.75) is 25.9 Å². The Balaban J connectivity index is 1.32. The van der Waals surface area contributed by atoms with Gasteiger partial charge in [-0.3, -0.25) is 4.90 Å². The minimum atomic E-state index is -0.712. The van der Waals surface area contributed by atoms with Crippen molar-refractivity contribution in [2.24, 2.45) is 5.92 Å². The number of rotatable bonds is 10. The highest BCUT2D eigenvalue weighted by atomic mass is 35.5. The molecule has 1 fully saturated rings. The fourth-order valence-corrected chi connectivity index (χ4v) is 4.00. The largest absolute Gasteiger partial charge is 0.492 e. The SMILES string of the molecule is Cc1cc(C#Cc2ccc(-c3ccc(Cl)cc3)cn2)ccc1OCCN(CC(O)CO)CC1CC1. The first-order chi connectivity index (χ1) is 17.0. The molecule has 2 aromatic carbocycles. The van der Waals surface area contributed by atoms with E-state index in [1.807, 2.05) is 67.7 Å². The molecule has 0 aliphatic heterocycles. The molecule has 0 radical (unpaired) electrons. The predicted octanol–water partition coefficient (Wildman–Crippen LogP) is 4.55. The Bertz CT molecular complexity index is 1170. The zero-order valence-electron chi connectivity index (χ0n) is 20.0. The van der Waals surface area contributed by atoms with Gasteiger partial charge in [0.25, 0.3) is 0 Å². The highest BCUT2D eigenvalue weighted by Crippen LogP contribution is 2.29. The highest BCUT2D eigenvalue weighted by molar-refractivity contribution is 6.30. The van der Waals surface area contributed by atoms with Crippen molar-refractivity contribution in [2.75, 3.05) is 32.8 Å². The smallest absolute Gasteiger partial charge is 0.122 e. The second-order valence-electron chi connectivity index (χ2n) is 9.06. The van der Waals surface area contributed by atoms with E-state index >= 15 is 0 Å². The molecule has 1 aromatic heterocycles. The standard InChI is InChI=1S/C29H31ClN2O3/c1-21-16-22(4-11-27-12-8-25(17-31-27)24-6-9-26(30)10-7-24)5-13-29(21)35-15-14-32(18-23-2-3-23)19-28(34)20-33/h5-10,12-13,16-17,23,28,33-34H,2-3,14-15,18-20H2,1H3. The van der Waals surface area contributed by atoms with E-state index in [4.69, 9.17) is 21.4 Å². The van der Waals surface area contributed by atoms with Crippen LogP contribution >= 0.6 is 11.6 Å². The Hall–Kier alpha value is -2.88. The van der Waals surface area contributed by atoms with Crippen LogP contribution in [0.25, 0.3) is 11.1 Å². The van der Waals surface area contributed by atoms with Crippen LogP contribution in [0.3, 0.4) is 0 Å². The van der Waals surface area contributed by atoms with Crippen LogP contribution in [-0.4, -0.2) is 59.0 Å². The maximum Gasteiger partial charge on any atom is 0.122 e. The number of aromatic nitrogens is 1. The summed E-state index contributed by atoms with van der Waals surface area (Å²) >= 11 is 5.96. The van der Waals surface area contributed by atoms with Crippen molar-refractivity contribution in [3.05, 3.63) is 82.6 Å². The van der Waals surface area contributed by atoms with Crippen LogP contribution in [-0.2, 0) is 0 Å². The summed E-state index contributed by atoms with van der Waals surface area (Å²) in [5, 5.41) is 19.7. The quantitative estimate of drug-likeness (QED) is 0.408. The molecular formula is C29H31ClN2O3. The number of hydrogen-bond acceptors (Lipinski definition) is 5. The van der Waals surface area contributed by atoms with Gasteiger partial charge in [-0.25, -0.2) is 4.98 Å². The maximum atomic E-state index is 9.81. The van der Waals surface area contributed by atoms with Gasteiger partial charge in [0.2, 0.25) is 0 Å². The summed E-state index contributed by atoms with van der Waals surface area (Å²) in [5.74, 6) is 7.85. The van der Waals surface area contributed by atoms with E-state index in [1.54, 1.807) is 0 Å².